The Bertz CT molecular complexity index is 521. The number of carbonyl (C=O) groups is 4. The van der Waals surface area contributed by atoms with Gasteiger partial charge < -0.3 is 9.57 Å². The average Bonchev–Trinajstić information content (AvgIpc) is 2.51. The lowest BCUT2D eigenvalue weighted by Crippen LogP contribution is -2.72. The van der Waals surface area contributed by atoms with Gasteiger partial charge in [-0.25, -0.2) is 14.4 Å². The monoisotopic (exact) mass is 316 g/mol. The molecule has 11 heteroatoms. The Morgan fingerprint density at radius 3 is 2.05 bits per heavy atom. The summed E-state index contributed by atoms with van der Waals surface area (Å²) in [5, 5.41) is 3.51. The van der Waals surface area contributed by atoms with E-state index in [-0.39, 0.29) is 5.71 Å². The van der Waals surface area contributed by atoms with Gasteiger partial charge in [-0.2, -0.15) is 5.48 Å². The van der Waals surface area contributed by atoms with Crippen LogP contribution < -0.4 is 5.48 Å². The molecule has 0 bridgehead atoms. The summed E-state index contributed by atoms with van der Waals surface area (Å²) < 4.78 is 4.31. The molecule has 1 fully saturated rings. The Labute approximate surface area is 125 Å². The molecule has 1 heterocycles. The van der Waals surface area contributed by atoms with Gasteiger partial charge in [-0.05, 0) is 6.92 Å². The third-order valence-electron chi connectivity index (χ3n) is 3.00. The quantitative estimate of drug-likeness (QED) is 0.404. The van der Waals surface area contributed by atoms with Crippen LogP contribution >= 0.6 is 0 Å². The molecule has 0 aromatic carbocycles. The fourth-order valence-corrected chi connectivity index (χ4v) is 1.79. The highest BCUT2D eigenvalue weighted by molar-refractivity contribution is 6.34. The van der Waals surface area contributed by atoms with Crippen LogP contribution in [0.3, 0.4) is 0 Å². The molecule has 122 valence electrons. The molecule has 0 aliphatic carbocycles. The second-order valence-corrected chi connectivity index (χ2v) is 4.25. The Kier molecular flexibility index (Phi) is 5.04. The number of urea groups is 1. The van der Waals surface area contributed by atoms with Crippen molar-refractivity contribution in [2.24, 2.45) is 5.16 Å². The molecule has 11 nitrogen and oxygen atoms in total. The van der Waals surface area contributed by atoms with Crippen LogP contribution in [0.5, 0.6) is 0 Å². The molecule has 0 saturated carbocycles. The van der Waals surface area contributed by atoms with Gasteiger partial charge in [-0.3, -0.25) is 19.4 Å². The summed E-state index contributed by atoms with van der Waals surface area (Å²) in [7, 11) is 4.57. The van der Waals surface area contributed by atoms with E-state index in [1.54, 1.807) is 5.48 Å². The number of amides is 5. The molecule has 1 saturated heterocycles. The van der Waals surface area contributed by atoms with Crippen LogP contribution in [0, 0.1) is 0 Å². The molecular weight excluding hydrogens is 300 g/mol. The van der Waals surface area contributed by atoms with Crippen molar-refractivity contribution in [3.63, 3.8) is 0 Å². The fourth-order valence-electron chi connectivity index (χ4n) is 1.79. The van der Waals surface area contributed by atoms with Crippen LogP contribution in [-0.4, -0.2) is 73.4 Å². The number of methoxy groups -OCH3 is 1. The molecule has 1 rings (SSSR count). The smallest absolute Gasteiger partial charge is 0.431 e. The second kappa shape index (κ2) is 6.39. The molecule has 1 N–H and O–H groups in total. The van der Waals surface area contributed by atoms with Crippen LogP contribution in [0.15, 0.2) is 5.16 Å². The van der Waals surface area contributed by atoms with E-state index in [0.717, 1.165) is 21.2 Å². The summed E-state index contributed by atoms with van der Waals surface area (Å²) in [6.45, 7) is 1.27. The lowest BCUT2D eigenvalue weighted by molar-refractivity contribution is -0.171. The van der Waals surface area contributed by atoms with E-state index in [9.17, 15) is 19.2 Å². The van der Waals surface area contributed by atoms with Gasteiger partial charge in [0.25, 0.3) is 17.4 Å². The predicted octanol–water partition coefficient (Wildman–Crippen LogP) is -0.914. The van der Waals surface area contributed by atoms with Gasteiger partial charge >= 0.3 is 12.1 Å². The van der Waals surface area contributed by atoms with Crippen LogP contribution in [0.25, 0.3) is 0 Å². The molecule has 0 aromatic rings. The average molecular weight is 316 g/mol. The van der Waals surface area contributed by atoms with Crippen LogP contribution in [0.2, 0.25) is 0 Å². The lowest BCUT2D eigenvalue weighted by atomic mass is 9.93. The summed E-state index contributed by atoms with van der Waals surface area (Å²) >= 11 is 0. The number of hydroxylamine groups is 1. The maximum absolute atomic E-state index is 12.4. The highest BCUT2D eigenvalue weighted by Crippen LogP contribution is 2.25. The zero-order valence-corrected chi connectivity index (χ0v) is 12.7. The largest absolute Gasteiger partial charge is 0.451 e. The van der Waals surface area contributed by atoms with Gasteiger partial charge in [0.05, 0.1) is 7.11 Å². The maximum atomic E-state index is 12.4. The summed E-state index contributed by atoms with van der Waals surface area (Å²) in [4.78, 5) is 58.7. The van der Waals surface area contributed by atoms with Crippen molar-refractivity contribution in [2.45, 2.75) is 12.5 Å². The van der Waals surface area contributed by atoms with Gasteiger partial charge in [0, 0.05) is 14.1 Å². The predicted molar refractivity (Wildman–Crippen MR) is 70.4 cm³/mol. The number of nitrogens with one attached hydrogen (secondary N) is 1. The highest BCUT2D eigenvalue weighted by Gasteiger charge is 2.60. The van der Waals surface area contributed by atoms with Gasteiger partial charge in [-0.1, -0.05) is 5.16 Å². The van der Waals surface area contributed by atoms with Gasteiger partial charge in [0.1, 0.15) is 12.8 Å². The first-order valence-corrected chi connectivity index (χ1v) is 5.94. The van der Waals surface area contributed by atoms with Crippen molar-refractivity contribution in [1.82, 2.24) is 15.3 Å². The third-order valence-corrected chi connectivity index (χ3v) is 3.00. The Morgan fingerprint density at radius 1 is 1.14 bits per heavy atom. The van der Waals surface area contributed by atoms with E-state index in [4.69, 9.17) is 4.84 Å². The van der Waals surface area contributed by atoms with Crippen LogP contribution in [-0.2, 0) is 24.0 Å². The normalized spacial score (nSPS) is 18.4. The van der Waals surface area contributed by atoms with Crippen molar-refractivity contribution in [3.05, 3.63) is 0 Å². The first kappa shape index (κ1) is 17.4. The van der Waals surface area contributed by atoms with Crippen LogP contribution in [0.1, 0.15) is 6.92 Å². The molecule has 0 aromatic heterocycles. The Morgan fingerprint density at radius 2 is 1.64 bits per heavy atom. The number of oxime groups is 1. The molecule has 0 unspecified atom stereocenters. The number of imide groups is 2. The minimum atomic E-state index is -2.37. The second-order valence-electron chi connectivity index (χ2n) is 4.25. The fraction of sp³-hybridized carbons (Fsp3) is 0.545. The number of barbiturate groups is 1. The number of carbonyl (C=O) groups excluding carboxylic acids is 4. The molecule has 5 amide bonds. The van der Waals surface area contributed by atoms with Crippen molar-refractivity contribution < 1.29 is 33.6 Å². The maximum Gasteiger partial charge on any atom is 0.431 e. The first-order valence-electron chi connectivity index (χ1n) is 5.94. The zero-order valence-electron chi connectivity index (χ0n) is 12.7. The molecule has 1 aliphatic rings. The summed E-state index contributed by atoms with van der Waals surface area (Å²) in [6, 6.07) is -0.850. The van der Waals surface area contributed by atoms with E-state index in [2.05, 4.69) is 14.7 Å². The minimum absolute atomic E-state index is 0.215. The van der Waals surface area contributed by atoms with Crippen molar-refractivity contribution >= 4 is 29.7 Å². The SMILES string of the molecule is CON=C(C)C1(ONC(=O)OC)C(=O)N(C)C(=O)N(C)C1=O. The molecule has 0 atom stereocenters. The minimum Gasteiger partial charge on any atom is -0.451 e. The summed E-state index contributed by atoms with van der Waals surface area (Å²) in [5.41, 5.74) is -0.793. The number of nitrogens with zero attached hydrogens (tertiary/aromatic N) is 3. The topological polar surface area (TPSA) is 127 Å². The van der Waals surface area contributed by atoms with Crippen molar-refractivity contribution in [2.75, 3.05) is 28.3 Å². The zero-order chi connectivity index (χ0) is 17.1. The molecule has 1 aliphatic heterocycles. The van der Waals surface area contributed by atoms with E-state index in [1.165, 1.54) is 14.0 Å². The third kappa shape index (κ3) is 2.57. The van der Waals surface area contributed by atoms with Crippen LogP contribution in [0.4, 0.5) is 9.59 Å². The van der Waals surface area contributed by atoms with E-state index in [0.29, 0.717) is 9.80 Å². The standard InChI is InChI=1S/C11H16N4O7/c1-6(12-21-5)11(22-13-9(18)20-4)7(16)14(2)10(19)15(3)8(11)17/h1-5H3,(H,13,18). The number of hydrogen-bond donors (Lipinski definition) is 1. The Hall–Kier alpha value is -2.69. The summed E-state index contributed by atoms with van der Waals surface area (Å²) in [5.74, 6) is -2.06. The highest BCUT2D eigenvalue weighted by atomic mass is 16.7. The van der Waals surface area contributed by atoms with Crippen molar-refractivity contribution in [1.29, 1.82) is 0 Å². The number of ether oxygens (including phenoxy) is 1. The number of rotatable bonds is 4. The van der Waals surface area contributed by atoms with E-state index >= 15 is 0 Å². The van der Waals surface area contributed by atoms with Gasteiger partial charge in [0.15, 0.2) is 0 Å². The lowest BCUT2D eigenvalue weighted by Gasteiger charge is -2.39. The molecular formula is C11H16N4O7. The molecule has 0 radical (unpaired) electrons. The number of likely N-dealkylation sites (N-methyl/N-ethyl adjacent to an activating group) is 2. The first-order chi connectivity index (χ1) is 10.2. The van der Waals surface area contributed by atoms with Gasteiger partial charge in [-0.15, -0.1) is 0 Å². The Balaban J connectivity index is 3.37. The van der Waals surface area contributed by atoms with Crippen molar-refractivity contribution in [3.8, 4) is 0 Å². The van der Waals surface area contributed by atoms with E-state index < -0.39 is 29.5 Å². The number of hydrogen-bond acceptors (Lipinski definition) is 8. The van der Waals surface area contributed by atoms with E-state index in [1.807, 2.05) is 0 Å². The molecule has 0 spiro atoms. The molecule has 22 heavy (non-hydrogen) atoms. The van der Waals surface area contributed by atoms with Gasteiger partial charge in [0.2, 0.25) is 0 Å². The summed E-state index contributed by atoms with van der Waals surface area (Å²) in [6.07, 6.45) is -1.05.